The lowest BCUT2D eigenvalue weighted by Gasteiger charge is -2.30. The van der Waals surface area contributed by atoms with Crippen LogP contribution in [0.4, 0.5) is 17.1 Å². The zero-order valence-electron chi connectivity index (χ0n) is 42.2. The van der Waals surface area contributed by atoms with Gasteiger partial charge in [-0.15, -0.1) is 0 Å². The van der Waals surface area contributed by atoms with Crippen LogP contribution >= 0.6 is 0 Å². The van der Waals surface area contributed by atoms with Crippen molar-refractivity contribution in [3.05, 3.63) is 233 Å². The van der Waals surface area contributed by atoms with E-state index in [1.165, 1.54) is 99.6 Å². The lowest BCUT2D eigenvalue weighted by atomic mass is 9.79. The second kappa shape index (κ2) is 14.6. The summed E-state index contributed by atoms with van der Waals surface area (Å²) >= 11 is 0. The third kappa shape index (κ3) is 5.77. The zero-order valence-corrected chi connectivity index (χ0v) is 42.2. The minimum Gasteiger partial charge on any atom is -0.456 e. The molecule has 0 radical (unpaired) electrons. The Labute approximate surface area is 426 Å². The van der Waals surface area contributed by atoms with E-state index in [-0.39, 0.29) is 16.2 Å². The van der Waals surface area contributed by atoms with Crippen molar-refractivity contribution in [2.24, 2.45) is 0 Å². The van der Waals surface area contributed by atoms with Crippen LogP contribution in [0.3, 0.4) is 0 Å². The molecule has 0 aliphatic heterocycles. The highest BCUT2D eigenvalue weighted by Crippen LogP contribution is 2.60. The van der Waals surface area contributed by atoms with Gasteiger partial charge in [-0.1, -0.05) is 168 Å². The lowest BCUT2D eigenvalue weighted by molar-refractivity contribution is 0.651. The molecule has 0 unspecified atom stereocenters. The Bertz CT molecular complexity index is 4330. The molecule has 0 saturated carbocycles. The molecule has 0 spiro atoms. The van der Waals surface area contributed by atoms with E-state index in [0.29, 0.717) is 0 Å². The highest BCUT2D eigenvalue weighted by Gasteiger charge is 2.44. The van der Waals surface area contributed by atoms with Gasteiger partial charge in [-0.3, -0.25) is 0 Å². The molecular formula is C70H53NO2. The average molecular weight is 940 g/mol. The van der Waals surface area contributed by atoms with E-state index in [1.807, 2.05) is 0 Å². The fraction of sp³-hybridized carbons (Fsp3) is 0.143. The Morgan fingerprint density at radius 3 is 1.56 bits per heavy atom. The number of benzene rings is 10. The van der Waals surface area contributed by atoms with Gasteiger partial charge < -0.3 is 13.7 Å². The zero-order chi connectivity index (χ0) is 49.3. The van der Waals surface area contributed by atoms with E-state index < -0.39 is 0 Å². The molecule has 12 aromatic rings. The summed E-state index contributed by atoms with van der Waals surface area (Å²) in [4.78, 5) is 2.47. The van der Waals surface area contributed by atoms with Crippen LogP contribution < -0.4 is 4.90 Å². The maximum Gasteiger partial charge on any atom is 0.143 e. The highest BCUT2D eigenvalue weighted by atomic mass is 16.3. The number of aryl methyl sites for hydroxylation is 1. The first-order valence-corrected chi connectivity index (χ1v) is 25.8. The first kappa shape index (κ1) is 42.3. The van der Waals surface area contributed by atoms with Crippen LogP contribution in [0.25, 0.3) is 99.5 Å². The van der Waals surface area contributed by atoms with Gasteiger partial charge in [-0.05, 0) is 163 Å². The molecule has 0 saturated heterocycles. The van der Waals surface area contributed by atoms with Crippen molar-refractivity contribution in [1.82, 2.24) is 0 Å². The Morgan fingerprint density at radius 2 is 0.836 bits per heavy atom. The first-order valence-electron chi connectivity index (χ1n) is 25.8. The molecule has 3 aliphatic carbocycles. The Balaban J connectivity index is 0.871. The van der Waals surface area contributed by atoms with E-state index in [4.69, 9.17) is 8.83 Å². The molecule has 350 valence electrons. The third-order valence-corrected chi connectivity index (χ3v) is 17.3. The van der Waals surface area contributed by atoms with Gasteiger partial charge >= 0.3 is 0 Å². The van der Waals surface area contributed by atoms with Crippen LogP contribution in [0.15, 0.2) is 203 Å². The summed E-state index contributed by atoms with van der Waals surface area (Å²) in [6, 6.07) is 72.0. The van der Waals surface area contributed by atoms with Crippen LogP contribution in [-0.2, 0) is 16.2 Å². The van der Waals surface area contributed by atoms with Gasteiger partial charge in [0.2, 0.25) is 0 Å². The predicted molar refractivity (Wildman–Crippen MR) is 304 cm³/mol. The summed E-state index contributed by atoms with van der Waals surface area (Å²) < 4.78 is 13.4. The van der Waals surface area contributed by atoms with Crippen molar-refractivity contribution in [3.8, 4) is 55.6 Å². The molecule has 0 atom stereocenters. The summed E-state index contributed by atoms with van der Waals surface area (Å²) in [6.07, 6.45) is 0. The van der Waals surface area contributed by atoms with E-state index in [1.54, 1.807) is 0 Å². The van der Waals surface area contributed by atoms with Gasteiger partial charge in [0.05, 0.1) is 0 Å². The van der Waals surface area contributed by atoms with E-state index >= 15 is 0 Å². The van der Waals surface area contributed by atoms with Crippen molar-refractivity contribution in [1.29, 1.82) is 0 Å². The summed E-state index contributed by atoms with van der Waals surface area (Å²) in [7, 11) is 0. The Morgan fingerprint density at radius 1 is 0.329 bits per heavy atom. The van der Waals surface area contributed by atoms with Crippen LogP contribution in [-0.4, -0.2) is 0 Å². The number of anilines is 3. The monoisotopic (exact) mass is 939 g/mol. The largest absolute Gasteiger partial charge is 0.456 e. The molecular weight excluding hydrogens is 887 g/mol. The van der Waals surface area contributed by atoms with Crippen molar-refractivity contribution in [3.63, 3.8) is 0 Å². The standard InChI is InChI=1S/C70H53NO2/c1-40-21-27-44(28-22-40)71(45-29-31-47-52-38-58-53(39-57(52)69(4,5)55(47)35-45)64-54(68(58,2)3)33-34-62-65(64)49-17-11-13-19-60(49)72-62)46-30-32-48-56(36-46)70(6,7)59-37-51(43-25-23-42(24-26-43)41-15-9-8-10-16-41)67-66(63(48)59)50-18-12-14-20-61(50)73-67/h8-39H,1-7H3. The molecule has 0 bridgehead atoms. The van der Waals surface area contributed by atoms with Gasteiger partial charge in [-0.2, -0.15) is 0 Å². The van der Waals surface area contributed by atoms with Crippen LogP contribution in [0, 0.1) is 6.92 Å². The number of para-hydroxylation sites is 2. The molecule has 0 fully saturated rings. The molecule has 0 amide bonds. The molecule has 3 heteroatoms. The third-order valence-electron chi connectivity index (χ3n) is 17.3. The quantitative estimate of drug-likeness (QED) is 0.172. The topological polar surface area (TPSA) is 29.5 Å². The lowest BCUT2D eigenvalue weighted by Crippen LogP contribution is -2.18. The Hall–Kier alpha value is -8.40. The van der Waals surface area contributed by atoms with E-state index in [2.05, 4.69) is 247 Å². The maximum absolute atomic E-state index is 6.89. The van der Waals surface area contributed by atoms with Crippen molar-refractivity contribution >= 4 is 60.9 Å². The molecule has 2 heterocycles. The second-order valence-corrected chi connectivity index (χ2v) is 22.5. The highest BCUT2D eigenvalue weighted by molar-refractivity contribution is 6.19. The summed E-state index contributed by atoms with van der Waals surface area (Å²) in [5.74, 6) is 0. The minimum atomic E-state index is -0.312. The van der Waals surface area contributed by atoms with Gasteiger partial charge in [-0.25, -0.2) is 0 Å². The van der Waals surface area contributed by atoms with Gasteiger partial charge in [0.25, 0.3) is 0 Å². The molecule has 15 rings (SSSR count). The van der Waals surface area contributed by atoms with E-state index in [0.717, 1.165) is 55.9 Å². The van der Waals surface area contributed by atoms with Crippen molar-refractivity contribution < 1.29 is 8.83 Å². The van der Waals surface area contributed by atoms with Gasteiger partial charge in [0.1, 0.15) is 22.3 Å². The summed E-state index contributed by atoms with van der Waals surface area (Å²) in [5, 5.41) is 4.74. The second-order valence-electron chi connectivity index (χ2n) is 22.5. The average Bonchev–Trinajstić information content (AvgIpc) is 4.16. The number of hydrogen-bond acceptors (Lipinski definition) is 3. The smallest absolute Gasteiger partial charge is 0.143 e. The van der Waals surface area contributed by atoms with Crippen molar-refractivity contribution in [2.45, 2.75) is 64.7 Å². The van der Waals surface area contributed by atoms with Crippen LogP contribution in [0.5, 0.6) is 0 Å². The molecule has 3 nitrogen and oxygen atoms in total. The molecule has 73 heavy (non-hydrogen) atoms. The molecule has 3 aliphatic rings. The summed E-state index contributed by atoms with van der Waals surface area (Å²) in [6.45, 7) is 16.6. The Kier molecular flexibility index (Phi) is 8.47. The van der Waals surface area contributed by atoms with Gasteiger partial charge in [0.15, 0.2) is 0 Å². The molecule has 10 aromatic carbocycles. The van der Waals surface area contributed by atoms with E-state index in [9.17, 15) is 0 Å². The number of furan rings is 2. The normalized spacial score (nSPS) is 15.1. The first-order chi connectivity index (χ1) is 35.4. The molecule has 0 N–H and O–H groups in total. The minimum absolute atomic E-state index is 0.172. The van der Waals surface area contributed by atoms with Crippen LogP contribution in [0.1, 0.15) is 80.5 Å². The van der Waals surface area contributed by atoms with Gasteiger partial charge in [0, 0.05) is 60.4 Å². The summed E-state index contributed by atoms with van der Waals surface area (Å²) in [5.41, 5.74) is 28.2. The van der Waals surface area contributed by atoms with Crippen molar-refractivity contribution in [2.75, 3.05) is 4.90 Å². The van der Waals surface area contributed by atoms with Crippen LogP contribution in [0.2, 0.25) is 0 Å². The molecule has 2 aromatic heterocycles. The maximum atomic E-state index is 6.89. The fourth-order valence-electron chi connectivity index (χ4n) is 13.4. The number of nitrogens with zero attached hydrogens (tertiary/aromatic N) is 1. The number of fused-ring (bicyclic) bond motifs is 17. The number of rotatable bonds is 5. The number of hydrogen-bond donors (Lipinski definition) is 0. The fourth-order valence-corrected chi connectivity index (χ4v) is 13.4. The SMILES string of the molecule is Cc1ccc(N(c2ccc3c(c2)C(C)(C)c2cc4c(cc2-3)C(C)(C)c2ccc3oc5ccccc5c3c2-4)c2ccc3c(c2)C(C)(C)c2cc(-c4ccc(-c5ccccc5)cc4)c4oc5ccccc5c4c2-3)cc1. The predicted octanol–water partition coefficient (Wildman–Crippen LogP) is 19.5.